The summed E-state index contributed by atoms with van der Waals surface area (Å²) in [5.74, 6) is -1.32. The zero-order valence-electron chi connectivity index (χ0n) is 6.25. The molecule has 0 aromatic carbocycles. The maximum Gasteiger partial charge on any atom is 0.326 e. The standard InChI is InChI=1S/C5H10NO5P/c7-5-4(1-2-6(5)8)3-12(9,10)11/h4,8H,1-3H2,(H2,9,10,11)/t4-/m1/s1. The highest BCUT2D eigenvalue weighted by Crippen LogP contribution is 2.39. The monoisotopic (exact) mass is 195 g/mol. The Kier molecular flexibility index (Phi) is 2.53. The highest BCUT2D eigenvalue weighted by molar-refractivity contribution is 7.51. The minimum Gasteiger partial charge on any atom is -0.324 e. The summed E-state index contributed by atoms with van der Waals surface area (Å²) >= 11 is 0. The van der Waals surface area contributed by atoms with Crippen LogP contribution in [0.2, 0.25) is 0 Å². The van der Waals surface area contributed by atoms with Crippen LogP contribution >= 0.6 is 7.60 Å². The maximum absolute atomic E-state index is 10.9. The smallest absolute Gasteiger partial charge is 0.324 e. The van der Waals surface area contributed by atoms with Crippen LogP contribution in [0, 0.1) is 5.92 Å². The Bertz CT molecular complexity index is 236. The van der Waals surface area contributed by atoms with Crippen LogP contribution in [-0.4, -0.2) is 38.7 Å². The third-order valence-corrected chi connectivity index (χ3v) is 2.67. The van der Waals surface area contributed by atoms with E-state index in [1.54, 1.807) is 0 Å². The van der Waals surface area contributed by atoms with Gasteiger partial charge in [-0.1, -0.05) is 0 Å². The summed E-state index contributed by atoms with van der Waals surface area (Å²) in [4.78, 5) is 28.0. The van der Waals surface area contributed by atoms with Gasteiger partial charge in [-0.15, -0.1) is 0 Å². The van der Waals surface area contributed by atoms with Crippen molar-refractivity contribution in [2.45, 2.75) is 6.42 Å². The molecule has 0 unspecified atom stereocenters. The molecule has 1 amide bonds. The van der Waals surface area contributed by atoms with Crippen LogP contribution < -0.4 is 0 Å². The largest absolute Gasteiger partial charge is 0.326 e. The third-order valence-electron chi connectivity index (χ3n) is 1.75. The Hall–Kier alpha value is -0.420. The van der Waals surface area contributed by atoms with Crippen molar-refractivity contribution in [2.75, 3.05) is 12.7 Å². The molecule has 1 rings (SSSR count). The highest BCUT2D eigenvalue weighted by atomic mass is 31.2. The summed E-state index contributed by atoms with van der Waals surface area (Å²) in [6, 6.07) is 0. The van der Waals surface area contributed by atoms with E-state index in [-0.39, 0.29) is 6.54 Å². The quantitative estimate of drug-likeness (QED) is 0.403. The lowest BCUT2D eigenvalue weighted by molar-refractivity contribution is -0.159. The summed E-state index contributed by atoms with van der Waals surface area (Å²) in [6.07, 6.45) is -0.163. The van der Waals surface area contributed by atoms with Crippen LogP contribution in [0.25, 0.3) is 0 Å². The number of hydrogen-bond donors (Lipinski definition) is 3. The van der Waals surface area contributed by atoms with Crippen molar-refractivity contribution in [1.82, 2.24) is 5.06 Å². The van der Waals surface area contributed by atoms with Crippen molar-refractivity contribution in [3.05, 3.63) is 0 Å². The second-order valence-electron chi connectivity index (χ2n) is 2.79. The average Bonchev–Trinajstić information content (AvgIpc) is 2.16. The predicted molar refractivity (Wildman–Crippen MR) is 38.5 cm³/mol. The van der Waals surface area contributed by atoms with Crippen LogP contribution in [-0.2, 0) is 9.36 Å². The van der Waals surface area contributed by atoms with Gasteiger partial charge in [0, 0.05) is 6.54 Å². The molecule has 0 bridgehead atoms. The lowest BCUT2D eigenvalue weighted by atomic mass is 10.1. The SMILES string of the molecule is O=C1[C@@H](CP(=O)(O)O)CCN1O. The van der Waals surface area contributed by atoms with Gasteiger partial charge in [0.15, 0.2) is 0 Å². The number of carbonyl (C=O) groups is 1. The number of hydrogen-bond acceptors (Lipinski definition) is 3. The fraction of sp³-hybridized carbons (Fsp3) is 0.800. The summed E-state index contributed by atoms with van der Waals surface area (Å²) < 4.78 is 10.5. The number of nitrogens with zero attached hydrogens (tertiary/aromatic N) is 1. The Morgan fingerprint density at radius 1 is 1.58 bits per heavy atom. The number of amides is 1. The van der Waals surface area contributed by atoms with Gasteiger partial charge in [0.2, 0.25) is 5.91 Å². The molecule has 0 aromatic rings. The van der Waals surface area contributed by atoms with Gasteiger partial charge >= 0.3 is 7.60 Å². The number of rotatable bonds is 2. The number of hydroxylamine groups is 2. The molecule has 1 saturated heterocycles. The molecule has 0 aliphatic carbocycles. The maximum atomic E-state index is 10.9. The van der Waals surface area contributed by atoms with E-state index in [4.69, 9.17) is 15.0 Å². The highest BCUT2D eigenvalue weighted by Gasteiger charge is 2.35. The van der Waals surface area contributed by atoms with Gasteiger partial charge in [0.25, 0.3) is 0 Å². The van der Waals surface area contributed by atoms with Crippen molar-refractivity contribution >= 4 is 13.5 Å². The first-order valence-electron chi connectivity index (χ1n) is 3.45. The van der Waals surface area contributed by atoms with Gasteiger partial charge in [-0.3, -0.25) is 14.6 Å². The predicted octanol–water partition coefficient (Wildman–Crippen LogP) is -0.598. The normalized spacial score (nSPS) is 25.1. The van der Waals surface area contributed by atoms with Crippen molar-refractivity contribution < 1.29 is 24.4 Å². The van der Waals surface area contributed by atoms with E-state index >= 15 is 0 Å². The first kappa shape index (κ1) is 9.67. The summed E-state index contributed by atoms with van der Waals surface area (Å²) in [6.45, 7) is 0.156. The summed E-state index contributed by atoms with van der Waals surface area (Å²) in [5.41, 5.74) is 0. The number of carbonyl (C=O) groups excluding carboxylic acids is 1. The van der Waals surface area contributed by atoms with Crippen LogP contribution in [0.4, 0.5) is 0 Å². The first-order chi connectivity index (χ1) is 5.40. The Morgan fingerprint density at radius 2 is 2.17 bits per heavy atom. The van der Waals surface area contributed by atoms with Crippen LogP contribution in [0.15, 0.2) is 0 Å². The van der Waals surface area contributed by atoms with Crippen molar-refractivity contribution in [3.8, 4) is 0 Å². The summed E-state index contributed by atoms with van der Waals surface area (Å²) in [7, 11) is -4.14. The second-order valence-corrected chi connectivity index (χ2v) is 4.49. The molecule has 1 aliphatic rings. The molecule has 1 heterocycles. The first-order valence-corrected chi connectivity index (χ1v) is 5.25. The molecular weight excluding hydrogens is 185 g/mol. The molecule has 3 N–H and O–H groups in total. The van der Waals surface area contributed by atoms with E-state index in [2.05, 4.69) is 0 Å². The van der Waals surface area contributed by atoms with E-state index in [0.717, 1.165) is 0 Å². The molecule has 0 saturated carbocycles. The lowest BCUT2D eigenvalue weighted by Crippen LogP contribution is -2.24. The molecule has 0 radical (unpaired) electrons. The third kappa shape index (κ3) is 2.28. The fourth-order valence-electron chi connectivity index (χ4n) is 1.18. The van der Waals surface area contributed by atoms with Gasteiger partial charge in [-0.25, -0.2) is 5.06 Å². The van der Waals surface area contributed by atoms with Crippen molar-refractivity contribution in [2.24, 2.45) is 5.92 Å². The zero-order chi connectivity index (χ0) is 9.35. The molecular formula is C5H10NO5P. The van der Waals surface area contributed by atoms with Crippen LogP contribution in [0.5, 0.6) is 0 Å². The molecule has 7 heteroatoms. The molecule has 0 spiro atoms. The van der Waals surface area contributed by atoms with Gasteiger partial charge < -0.3 is 9.79 Å². The second kappa shape index (κ2) is 3.14. The van der Waals surface area contributed by atoms with E-state index in [9.17, 15) is 9.36 Å². The molecule has 70 valence electrons. The lowest BCUT2D eigenvalue weighted by Gasteiger charge is -2.09. The van der Waals surface area contributed by atoms with E-state index < -0.39 is 25.6 Å². The molecule has 1 aliphatic heterocycles. The molecule has 0 aromatic heterocycles. The van der Waals surface area contributed by atoms with E-state index in [1.165, 1.54) is 0 Å². The van der Waals surface area contributed by atoms with Crippen LogP contribution in [0.3, 0.4) is 0 Å². The zero-order valence-corrected chi connectivity index (χ0v) is 7.15. The summed E-state index contributed by atoms with van der Waals surface area (Å²) in [5, 5.41) is 9.30. The Labute approximate surface area is 68.9 Å². The minimum atomic E-state index is -4.14. The van der Waals surface area contributed by atoms with Gasteiger partial charge in [-0.05, 0) is 6.42 Å². The minimum absolute atomic E-state index is 0.156. The van der Waals surface area contributed by atoms with E-state index in [0.29, 0.717) is 11.5 Å². The van der Waals surface area contributed by atoms with Gasteiger partial charge in [0.05, 0.1) is 12.1 Å². The molecule has 1 atom stereocenters. The van der Waals surface area contributed by atoms with Crippen LogP contribution in [0.1, 0.15) is 6.42 Å². The van der Waals surface area contributed by atoms with E-state index in [1.807, 2.05) is 0 Å². The van der Waals surface area contributed by atoms with Gasteiger partial charge in [0.1, 0.15) is 0 Å². The molecule has 12 heavy (non-hydrogen) atoms. The topological polar surface area (TPSA) is 98.1 Å². The average molecular weight is 195 g/mol. The van der Waals surface area contributed by atoms with Gasteiger partial charge in [-0.2, -0.15) is 0 Å². The molecule has 1 fully saturated rings. The fourth-order valence-corrected chi connectivity index (χ4v) is 2.09. The molecule has 6 nitrogen and oxygen atoms in total. The Morgan fingerprint density at radius 3 is 2.50 bits per heavy atom. The Balaban J connectivity index is 2.56. The van der Waals surface area contributed by atoms with Crippen molar-refractivity contribution in [3.63, 3.8) is 0 Å². The van der Waals surface area contributed by atoms with Crippen molar-refractivity contribution in [1.29, 1.82) is 0 Å².